The molecule has 1 aliphatic rings. The van der Waals surface area contributed by atoms with Crippen LogP contribution in [0.2, 0.25) is 5.54 Å². The molecule has 1 aliphatic carbocycles. The van der Waals surface area contributed by atoms with Gasteiger partial charge in [0.1, 0.15) is 6.29 Å². The minimum Gasteiger partial charge on any atom is -0.374 e. The third kappa shape index (κ3) is 13.0. The molecule has 0 spiro atoms. The first-order valence-electron chi connectivity index (χ1n) is 17.0. The van der Waals surface area contributed by atoms with Crippen LogP contribution < -0.4 is 0 Å². The molecule has 0 N–H and O–H groups in total. The number of rotatable bonds is 22. The minimum atomic E-state index is -3.23. The van der Waals surface area contributed by atoms with Crippen LogP contribution in [0.15, 0.2) is 91.0 Å². The third-order valence-corrected chi connectivity index (χ3v) is 12.0. The second-order valence-electron chi connectivity index (χ2n) is 12.3. The molecule has 0 radical (unpaired) electrons. The Morgan fingerprint density at radius 2 is 0.957 bits per heavy atom. The highest BCUT2D eigenvalue weighted by Gasteiger charge is 2.52. The maximum Gasteiger partial charge on any atom is 0.506 e. The fraction of sp³-hybridized carbons (Fsp3) is 0.526. The van der Waals surface area contributed by atoms with E-state index < -0.39 is 15.1 Å². The Labute approximate surface area is 277 Å². The Morgan fingerprint density at radius 1 is 0.543 bits per heavy atom. The van der Waals surface area contributed by atoms with Crippen LogP contribution in [0.5, 0.6) is 0 Å². The smallest absolute Gasteiger partial charge is 0.374 e. The second kappa shape index (κ2) is 20.8. The molecule has 1 fully saturated rings. The van der Waals surface area contributed by atoms with E-state index in [4.69, 9.17) is 32.2 Å². The average Bonchev–Trinajstić information content (AvgIpc) is 3.09. The van der Waals surface area contributed by atoms with Gasteiger partial charge in [0.15, 0.2) is 0 Å². The summed E-state index contributed by atoms with van der Waals surface area (Å²) >= 11 is 0. The summed E-state index contributed by atoms with van der Waals surface area (Å²) in [6.07, 6.45) is 3.80. The summed E-state index contributed by atoms with van der Waals surface area (Å²) in [5.41, 5.74) is 3.60. The molecule has 0 aliphatic heterocycles. The van der Waals surface area contributed by atoms with Crippen molar-refractivity contribution in [1.29, 1.82) is 0 Å². The molecule has 46 heavy (non-hydrogen) atoms. The standard InChI is InChI=1S/C38H54O7Si/c1-32(2)37-19-21-38(22-20-37)46(43-27-24-40-30-35-15-9-5-10-16-35,44-28-25-41-31-36-17-11-6-12-18-36)45-33(3)42-26-23-39-29-34-13-7-4-8-14-34/h4-18,32-33,37-38H,19-31H2,1-3H3. The first-order valence-corrected chi connectivity index (χ1v) is 18.8. The van der Waals surface area contributed by atoms with Crippen molar-refractivity contribution in [1.82, 2.24) is 0 Å². The molecule has 0 amide bonds. The Kier molecular flexibility index (Phi) is 16.4. The molecule has 3 aromatic rings. The van der Waals surface area contributed by atoms with Crippen LogP contribution in [0, 0.1) is 11.8 Å². The first kappa shape index (κ1) is 36.4. The zero-order chi connectivity index (χ0) is 32.3. The van der Waals surface area contributed by atoms with Crippen molar-refractivity contribution in [3.8, 4) is 0 Å². The van der Waals surface area contributed by atoms with E-state index in [1.807, 2.05) is 61.5 Å². The molecule has 1 saturated carbocycles. The van der Waals surface area contributed by atoms with Crippen molar-refractivity contribution in [2.24, 2.45) is 11.8 Å². The molecular weight excluding hydrogens is 596 g/mol. The molecular formula is C38H54O7Si. The Morgan fingerprint density at radius 3 is 1.37 bits per heavy atom. The summed E-state index contributed by atoms with van der Waals surface area (Å²) in [7, 11) is -3.23. The SMILES string of the molecule is CC(OCCOCc1ccccc1)O[Si](OCCOCc1ccccc1)(OCCOCc1ccccc1)C1CCC(C(C)C)CC1. The van der Waals surface area contributed by atoms with Gasteiger partial charge < -0.3 is 32.2 Å². The minimum absolute atomic E-state index is 0.186. The van der Waals surface area contributed by atoms with Crippen LogP contribution in [0.25, 0.3) is 0 Å². The largest absolute Gasteiger partial charge is 0.506 e. The molecule has 0 bridgehead atoms. The van der Waals surface area contributed by atoms with Gasteiger partial charge in [-0.2, -0.15) is 0 Å². The van der Waals surface area contributed by atoms with Crippen LogP contribution in [0.3, 0.4) is 0 Å². The fourth-order valence-electron chi connectivity index (χ4n) is 5.90. The Hall–Kier alpha value is -2.40. The lowest BCUT2D eigenvalue weighted by atomic mass is 9.81. The predicted octanol–water partition coefficient (Wildman–Crippen LogP) is 8.20. The van der Waals surface area contributed by atoms with Gasteiger partial charge >= 0.3 is 8.80 Å². The van der Waals surface area contributed by atoms with Gasteiger partial charge in [-0.1, -0.05) is 105 Å². The zero-order valence-corrected chi connectivity index (χ0v) is 29.0. The van der Waals surface area contributed by atoms with Crippen LogP contribution in [0.4, 0.5) is 0 Å². The maximum atomic E-state index is 6.77. The van der Waals surface area contributed by atoms with Gasteiger partial charge in [0, 0.05) is 5.54 Å². The fourth-order valence-corrected chi connectivity index (χ4v) is 9.09. The third-order valence-electron chi connectivity index (χ3n) is 8.52. The predicted molar refractivity (Wildman–Crippen MR) is 183 cm³/mol. The lowest BCUT2D eigenvalue weighted by Crippen LogP contribution is -2.54. The van der Waals surface area contributed by atoms with E-state index in [1.165, 1.54) is 0 Å². The highest BCUT2D eigenvalue weighted by atomic mass is 28.4. The van der Waals surface area contributed by atoms with E-state index in [0.717, 1.165) is 42.4 Å². The molecule has 0 aromatic heterocycles. The molecule has 252 valence electrons. The number of hydrogen-bond donors (Lipinski definition) is 0. The molecule has 4 rings (SSSR count). The van der Waals surface area contributed by atoms with Crippen LogP contribution in [-0.4, -0.2) is 54.7 Å². The van der Waals surface area contributed by atoms with Crippen molar-refractivity contribution >= 4 is 8.80 Å². The maximum absolute atomic E-state index is 6.77. The molecule has 7 nitrogen and oxygen atoms in total. The summed E-state index contributed by atoms with van der Waals surface area (Å²) in [5.74, 6) is 1.37. The number of hydrogen-bond acceptors (Lipinski definition) is 7. The average molecular weight is 651 g/mol. The van der Waals surface area contributed by atoms with Gasteiger partial charge in [-0.15, -0.1) is 0 Å². The van der Waals surface area contributed by atoms with E-state index in [0.29, 0.717) is 71.3 Å². The number of benzene rings is 3. The second-order valence-corrected chi connectivity index (χ2v) is 15.2. The highest BCUT2D eigenvalue weighted by Crippen LogP contribution is 2.43. The topological polar surface area (TPSA) is 64.6 Å². The van der Waals surface area contributed by atoms with Crippen molar-refractivity contribution in [3.63, 3.8) is 0 Å². The summed E-state index contributed by atoms with van der Waals surface area (Å²) in [5, 5.41) is 0. The lowest BCUT2D eigenvalue weighted by Gasteiger charge is -2.41. The molecule has 1 unspecified atom stereocenters. The van der Waals surface area contributed by atoms with E-state index in [-0.39, 0.29) is 5.54 Å². The lowest BCUT2D eigenvalue weighted by molar-refractivity contribution is -0.127. The van der Waals surface area contributed by atoms with Crippen LogP contribution >= 0.6 is 0 Å². The first-order chi connectivity index (χ1) is 22.5. The molecule has 0 heterocycles. The molecule has 3 aromatic carbocycles. The molecule has 1 atom stereocenters. The van der Waals surface area contributed by atoms with Crippen LogP contribution in [0.1, 0.15) is 63.1 Å². The van der Waals surface area contributed by atoms with Crippen molar-refractivity contribution in [2.45, 2.75) is 78.1 Å². The van der Waals surface area contributed by atoms with Gasteiger partial charge in [0.05, 0.1) is 59.5 Å². The Bertz CT molecular complexity index is 1120. The van der Waals surface area contributed by atoms with E-state index in [9.17, 15) is 0 Å². The monoisotopic (exact) mass is 650 g/mol. The van der Waals surface area contributed by atoms with E-state index >= 15 is 0 Å². The van der Waals surface area contributed by atoms with Crippen molar-refractivity contribution in [3.05, 3.63) is 108 Å². The summed E-state index contributed by atoms with van der Waals surface area (Å²) in [6.45, 7) is 10.8. The van der Waals surface area contributed by atoms with Gasteiger partial charge in [0.25, 0.3) is 0 Å². The Balaban J connectivity index is 1.36. The van der Waals surface area contributed by atoms with E-state index in [1.54, 1.807) is 0 Å². The van der Waals surface area contributed by atoms with Gasteiger partial charge in [-0.25, -0.2) is 0 Å². The quantitative estimate of drug-likeness (QED) is 0.0617. The zero-order valence-electron chi connectivity index (χ0n) is 28.0. The van der Waals surface area contributed by atoms with Crippen LogP contribution in [-0.2, 0) is 52.0 Å². The van der Waals surface area contributed by atoms with E-state index in [2.05, 4.69) is 50.2 Å². The van der Waals surface area contributed by atoms with Gasteiger partial charge in [-0.3, -0.25) is 0 Å². The molecule has 0 saturated heterocycles. The highest BCUT2D eigenvalue weighted by molar-refractivity contribution is 6.62. The van der Waals surface area contributed by atoms with Gasteiger partial charge in [0.2, 0.25) is 0 Å². The molecule has 8 heteroatoms. The number of ether oxygens (including phenoxy) is 4. The normalized spacial score (nSPS) is 17.7. The summed E-state index contributed by atoms with van der Waals surface area (Å²) < 4.78 is 44.2. The van der Waals surface area contributed by atoms with Gasteiger partial charge in [-0.05, 0) is 61.1 Å². The summed E-state index contributed by atoms with van der Waals surface area (Å²) in [4.78, 5) is 0. The summed E-state index contributed by atoms with van der Waals surface area (Å²) in [6, 6.07) is 30.5. The van der Waals surface area contributed by atoms with Crippen molar-refractivity contribution < 1.29 is 32.2 Å². The van der Waals surface area contributed by atoms with Crippen molar-refractivity contribution in [2.75, 3.05) is 39.6 Å².